The summed E-state index contributed by atoms with van der Waals surface area (Å²) in [6.07, 6.45) is 0. The Balaban J connectivity index is 2.13. The van der Waals surface area contributed by atoms with E-state index in [2.05, 4.69) is 0 Å². The number of para-hydroxylation sites is 1. The summed E-state index contributed by atoms with van der Waals surface area (Å²) in [5.74, 6) is 2.03. The fraction of sp³-hybridized carbons (Fsp3) is 0.364. The maximum absolute atomic E-state index is 10.5. The molecule has 86 valence electrons. The Bertz CT molecular complexity index is 375. The van der Waals surface area contributed by atoms with E-state index in [9.17, 15) is 4.79 Å². The predicted octanol–water partition coefficient (Wildman–Crippen LogP) is 2.63. The van der Waals surface area contributed by atoms with Gasteiger partial charge in [-0.15, -0.1) is 23.5 Å². The van der Waals surface area contributed by atoms with Gasteiger partial charge in [-0.1, -0.05) is 18.2 Å². The Kier molecular flexibility index (Phi) is 4.01. The van der Waals surface area contributed by atoms with E-state index in [-0.39, 0.29) is 6.61 Å². The molecular weight excluding hydrogens is 244 g/mol. The van der Waals surface area contributed by atoms with Crippen LogP contribution in [-0.2, 0) is 4.79 Å². The van der Waals surface area contributed by atoms with Crippen LogP contribution in [0.1, 0.15) is 10.1 Å². The van der Waals surface area contributed by atoms with E-state index in [0.717, 1.165) is 17.1 Å². The number of hydrogen-bond acceptors (Lipinski definition) is 4. The molecule has 0 saturated carbocycles. The molecule has 0 aliphatic carbocycles. The van der Waals surface area contributed by atoms with Gasteiger partial charge in [0.2, 0.25) is 0 Å². The quantitative estimate of drug-likeness (QED) is 0.897. The zero-order chi connectivity index (χ0) is 11.4. The molecule has 0 bridgehead atoms. The Morgan fingerprint density at radius 1 is 1.38 bits per heavy atom. The standard InChI is InChI=1S/C11H12O3S2/c12-10(13)7-14-9-4-2-1-3-8(9)11-15-5-6-16-11/h1-4,11H,5-7H2,(H,12,13). The zero-order valence-corrected chi connectivity index (χ0v) is 10.2. The lowest BCUT2D eigenvalue weighted by atomic mass is 10.2. The lowest BCUT2D eigenvalue weighted by molar-refractivity contribution is -0.139. The molecule has 16 heavy (non-hydrogen) atoms. The molecule has 1 aliphatic rings. The maximum Gasteiger partial charge on any atom is 0.341 e. The first-order valence-electron chi connectivity index (χ1n) is 4.94. The summed E-state index contributed by atoms with van der Waals surface area (Å²) in [4.78, 5) is 10.5. The van der Waals surface area contributed by atoms with Crippen LogP contribution in [0.5, 0.6) is 5.75 Å². The summed E-state index contributed by atoms with van der Waals surface area (Å²) in [6, 6.07) is 7.66. The SMILES string of the molecule is O=C(O)COc1ccccc1C1SCCS1. The minimum Gasteiger partial charge on any atom is -0.482 e. The average Bonchev–Trinajstić information content (AvgIpc) is 2.80. The number of carboxylic acid groups (broad SMARTS) is 1. The Hall–Kier alpha value is -0.810. The molecule has 2 rings (SSSR count). The topological polar surface area (TPSA) is 46.5 Å². The molecule has 0 unspecified atom stereocenters. The monoisotopic (exact) mass is 256 g/mol. The predicted molar refractivity (Wildman–Crippen MR) is 67.2 cm³/mol. The second-order valence-electron chi connectivity index (χ2n) is 3.29. The first-order valence-corrected chi connectivity index (χ1v) is 7.04. The number of hydrogen-bond donors (Lipinski definition) is 1. The van der Waals surface area contributed by atoms with Crippen molar-refractivity contribution in [2.75, 3.05) is 18.1 Å². The van der Waals surface area contributed by atoms with Gasteiger partial charge in [0.05, 0.1) is 4.58 Å². The van der Waals surface area contributed by atoms with Crippen LogP contribution in [-0.4, -0.2) is 29.2 Å². The number of carboxylic acids is 1. The Morgan fingerprint density at radius 3 is 2.75 bits per heavy atom. The molecule has 1 aromatic carbocycles. The summed E-state index contributed by atoms with van der Waals surface area (Å²) in [7, 11) is 0. The van der Waals surface area contributed by atoms with Crippen molar-refractivity contribution < 1.29 is 14.6 Å². The second kappa shape index (κ2) is 5.50. The minimum atomic E-state index is -0.943. The van der Waals surface area contributed by atoms with Crippen molar-refractivity contribution >= 4 is 29.5 Å². The summed E-state index contributed by atoms with van der Waals surface area (Å²) in [6.45, 7) is -0.279. The third-order valence-corrected chi connectivity index (χ3v) is 5.21. The van der Waals surface area contributed by atoms with E-state index in [4.69, 9.17) is 9.84 Å². The van der Waals surface area contributed by atoms with Gasteiger partial charge < -0.3 is 9.84 Å². The maximum atomic E-state index is 10.5. The molecule has 0 radical (unpaired) electrons. The van der Waals surface area contributed by atoms with Crippen LogP contribution in [0.4, 0.5) is 0 Å². The molecule has 0 atom stereocenters. The number of aliphatic carboxylic acids is 1. The van der Waals surface area contributed by atoms with Crippen LogP contribution in [0, 0.1) is 0 Å². The molecule has 1 N–H and O–H groups in total. The molecule has 0 amide bonds. The van der Waals surface area contributed by atoms with Gasteiger partial charge in [0.1, 0.15) is 5.75 Å². The van der Waals surface area contributed by atoms with Crippen LogP contribution >= 0.6 is 23.5 Å². The van der Waals surface area contributed by atoms with Gasteiger partial charge in [0.15, 0.2) is 6.61 Å². The molecule has 1 fully saturated rings. The molecule has 1 heterocycles. The van der Waals surface area contributed by atoms with Gasteiger partial charge in [-0.3, -0.25) is 0 Å². The van der Waals surface area contributed by atoms with Crippen LogP contribution in [0.15, 0.2) is 24.3 Å². The molecule has 0 aromatic heterocycles. The molecule has 5 heteroatoms. The summed E-state index contributed by atoms with van der Waals surface area (Å²) < 4.78 is 5.66. The van der Waals surface area contributed by atoms with E-state index < -0.39 is 5.97 Å². The van der Waals surface area contributed by atoms with Gasteiger partial charge in [0, 0.05) is 17.1 Å². The molecule has 1 saturated heterocycles. The highest BCUT2D eigenvalue weighted by molar-refractivity contribution is 8.19. The third-order valence-electron chi connectivity index (χ3n) is 2.15. The highest BCUT2D eigenvalue weighted by Gasteiger charge is 2.21. The average molecular weight is 256 g/mol. The third kappa shape index (κ3) is 2.86. The normalized spacial score (nSPS) is 16.2. The molecule has 3 nitrogen and oxygen atoms in total. The summed E-state index contributed by atoms with van der Waals surface area (Å²) in [5, 5.41) is 8.60. The van der Waals surface area contributed by atoms with Gasteiger partial charge in [-0.2, -0.15) is 0 Å². The second-order valence-corrected chi connectivity index (χ2v) is 6.02. The van der Waals surface area contributed by atoms with Crippen LogP contribution in [0.2, 0.25) is 0 Å². The molecule has 1 aliphatic heterocycles. The van der Waals surface area contributed by atoms with Crippen LogP contribution in [0.3, 0.4) is 0 Å². The Morgan fingerprint density at radius 2 is 2.06 bits per heavy atom. The van der Waals surface area contributed by atoms with Crippen molar-refractivity contribution in [2.24, 2.45) is 0 Å². The van der Waals surface area contributed by atoms with E-state index >= 15 is 0 Å². The van der Waals surface area contributed by atoms with Crippen molar-refractivity contribution in [3.05, 3.63) is 29.8 Å². The van der Waals surface area contributed by atoms with E-state index in [0.29, 0.717) is 10.3 Å². The molecular formula is C11H12O3S2. The van der Waals surface area contributed by atoms with Crippen LogP contribution < -0.4 is 4.74 Å². The van der Waals surface area contributed by atoms with E-state index in [1.807, 2.05) is 47.8 Å². The fourth-order valence-corrected chi connectivity index (χ4v) is 4.39. The number of carbonyl (C=O) groups is 1. The van der Waals surface area contributed by atoms with Gasteiger partial charge in [-0.05, 0) is 6.07 Å². The van der Waals surface area contributed by atoms with Gasteiger partial charge in [-0.25, -0.2) is 4.79 Å². The van der Waals surface area contributed by atoms with Crippen molar-refractivity contribution in [3.63, 3.8) is 0 Å². The number of rotatable bonds is 4. The van der Waals surface area contributed by atoms with Crippen molar-refractivity contribution in [2.45, 2.75) is 4.58 Å². The fourth-order valence-electron chi connectivity index (χ4n) is 1.48. The highest BCUT2D eigenvalue weighted by atomic mass is 32.2. The summed E-state index contributed by atoms with van der Waals surface area (Å²) >= 11 is 3.76. The minimum absolute atomic E-state index is 0.279. The highest BCUT2D eigenvalue weighted by Crippen LogP contribution is 2.48. The summed E-state index contributed by atoms with van der Waals surface area (Å²) in [5.41, 5.74) is 1.09. The van der Waals surface area contributed by atoms with E-state index in [1.54, 1.807) is 0 Å². The van der Waals surface area contributed by atoms with Crippen molar-refractivity contribution in [1.29, 1.82) is 0 Å². The number of benzene rings is 1. The molecule has 1 aromatic rings. The van der Waals surface area contributed by atoms with Gasteiger partial charge in [0.25, 0.3) is 0 Å². The van der Waals surface area contributed by atoms with Crippen molar-refractivity contribution in [3.8, 4) is 5.75 Å². The van der Waals surface area contributed by atoms with Gasteiger partial charge >= 0.3 is 5.97 Å². The lowest BCUT2D eigenvalue weighted by Gasteiger charge is -2.13. The smallest absolute Gasteiger partial charge is 0.341 e. The largest absolute Gasteiger partial charge is 0.482 e. The first kappa shape index (κ1) is 11.7. The molecule has 0 spiro atoms. The Labute approximate surface area is 103 Å². The van der Waals surface area contributed by atoms with Crippen LogP contribution in [0.25, 0.3) is 0 Å². The van der Waals surface area contributed by atoms with Crippen molar-refractivity contribution in [1.82, 2.24) is 0 Å². The zero-order valence-electron chi connectivity index (χ0n) is 8.59. The number of thioether (sulfide) groups is 2. The first-order chi connectivity index (χ1) is 7.77. The lowest BCUT2D eigenvalue weighted by Crippen LogP contribution is -2.10. The van der Waals surface area contributed by atoms with E-state index in [1.165, 1.54) is 0 Å². The number of ether oxygens (including phenoxy) is 1.